The second-order valence-electron chi connectivity index (χ2n) is 10.5. The predicted molar refractivity (Wildman–Crippen MR) is 139 cm³/mol. The van der Waals surface area contributed by atoms with E-state index in [2.05, 4.69) is 5.16 Å². The molecule has 0 fully saturated rings. The molecular formula is C30H31NO5. The summed E-state index contributed by atoms with van der Waals surface area (Å²) in [5.74, 6) is -0.278. The third-order valence-electron chi connectivity index (χ3n) is 5.31. The number of benzene rings is 3. The second kappa shape index (κ2) is 10.7. The maximum Gasteiger partial charge on any atom is 0.344 e. The fraction of sp³-hybridized carbons (Fsp3) is 0.267. The van der Waals surface area contributed by atoms with Gasteiger partial charge in [-0.15, -0.1) is 0 Å². The Morgan fingerprint density at radius 1 is 0.583 bits per heavy atom. The van der Waals surface area contributed by atoms with E-state index in [4.69, 9.17) is 9.57 Å². The van der Waals surface area contributed by atoms with Crippen LogP contribution in [0, 0.1) is 10.8 Å². The lowest BCUT2D eigenvalue weighted by molar-refractivity contribution is 0.0709. The summed E-state index contributed by atoms with van der Waals surface area (Å²) in [4.78, 5) is 43.5. The van der Waals surface area contributed by atoms with Crippen LogP contribution in [0.15, 0.2) is 84.0 Å². The first-order chi connectivity index (χ1) is 16.9. The Morgan fingerprint density at radius 2 is 1.00 bits per heavy atom. The average Bonchev–Trinajstić information content (AvgIpc) is 2.85. The monoisotopic (exact) mass is 485 g/mol. The zero-order chi connectivity index (χ0) is 26.5. The largest absolute Gasteiger partial charge is 0.400 e. The van der Waals surface area contributed by atoms with Gasteiger partial charge in [0.05, 0.1) is 5.56 Å². The number of oxime groups is 1. The van der Waals surface area contributed by atoms with E-state index in [0.29, 0.717) is 22.4 Å². The van der Waals surface area contributed by atoms with E-state index in [9.17, 15) is 14.4 Å². The fourth-order valence-electron chi connectivity index (χ4n) is 3.24. The van der Waals surface area contributed by atoms with Crippen LogP contribution >= 0.6 is 0 Å². The Labute approximate surface area is 211 Å². The van der Waals surface area contributed by atoms with Gasteiger partial charge in [-0.05, 0) is 41.6 Å². The highest BCUT2D eigenvalue weighted by Gasteiger charge is 2.24. The molecule has 0 heterocycles. The molecule has 0 bridgehead atoms. The van der Waals surface area contributed by atoms with Crippen LogP contribution in [0.2, 0.25) is 0 Å². The van der Waals surface area contributed by atoms with E-state index in [1.165, 1.54) is 0 Å². The van der Waals surface area contributed by atoms with Gasteiger partial charge >= 0.3 is 5.97 Å². The highest BCUT2D eigenvalue weighted by Crippen LogP contribution is 2.23. The van der Waals surface area contributed by atoms with Crippen LogP contribution in [0.25, 0.3) is 0 Å². The summed E-state index contributed by atoms with van der Waals surface area (Å²) < 4.78 is 5.60. The molecule has 0 atom stereocenters. The van der Waals surface area contributed by atoms with Crippen molar-refractivity contribution >= 4 is 23.4 Å². The van der Waals surface area contributed by atoms with Crippen molar-refractivity contribution in [3.05, 3.63) is 101 Å². The van der Waals surface area contributed by atoms with Crippen LogP contribution in [0.3, 0.4) is 0 Å². The average molecular weight is 486 g/mol. The molecule has 0 aromatic heterocycles. The molecule has 6 nitrogen and oxygen atoms in total. The van der Waals surface area contributed by atoms with Crippen molar-refractivity contribution in [1.82, 2.24) is 0 Å². The lowest BCUT2D eigenvalue weighted by Gasteiger charge is -2.17. The molecule has 186 valence electrons. The van der Waals surface area contributed by atoms with Gasteiger partial charge in [-0.25, -0.2) is 4.79 Å². The summed E-state index contributed by atoms with van der Waals surface area (Å²) in [7, 11) is 0. The maximum absolute atomic E-state index is 12.9. The first-order valence-electron chi connectivity index (χ1n) is 11.7. The lowest BCUT2D eigenvalue weighted by Crippen LogP contribution is -2.21. The minimum atomic E-state index is -0.657. The number of rotatable bonds is 6. The van der Waals surface area contributed by atoms with Gasteiger partial charge in [0.1, 0.15) is 0 Å². The van der Waals surface area contributed by atoms with Crippen molar-refractivity contribution in [2.45, 2.75) is 41.5 Å². The van der Waals surface area contributed by atoms with Crippen LogP contribution in [0.1, 0.15) is 78.2 Å². The zero-order valence-electron chi connectivity index (χ0n) is 21.5. The first kappa shape index (κ1) is 26.5. The molecule has 3 aromatic rings. The third kappa shape index (κ3) is 6.75. The van der Waals surface area contributed by atoms with Crippen LogP contribution in [0.5, 0.6) is 5.75 Å². The fourth-order valence-corrected chi connectivity index (χ4v) is 3.24. The number of hydrogen-bond acceptors (Lipinski definition) is 6. The Bertz CT molecular complexity index is 1260. The summed E-state index contributed by atoms with van der Waals surface area (Å²) >= 11 is 0. The number of nitrogens with zero attached hydrogens (tertiary/aromatic N) is 1. The highest BCUT2D eigenvalue weighted by molar-refractivity contribution is 6.06. The van der Waals surface area contributed by atoms with Gasteiger partial charge in [-0.2, -0.15) is 0 Å². The molecule has 0 aliphatic rings. The molecule has 6 heteroatoms. The number of ketones is 2. The van der Waals surface area contributed by atoms with Gasteiger partial charge < -0.3 is 9.57 Å². The Kier molecular flexibility index (Phi) is 7.88. The highest BCUT2D eigenvalue weighted by atomic mass is 16.7. The van der Waals surface area contributed by atoms with Crippen LogP contribution in [-0.2, 0) is 4.74 Å². The molecule has 0 unspecified atom stereocenters. The van der Waals surface area contributed by atoms with Gasteiger partial charge in [0.25, 0.3) is 5.90 Å². The molecule has 0 N–H and O–H groups in total. The quantitative estimate of drug-likeness (QED) is 0.127. The summed E-state index contributed by atoms with van der Waals surface area (Å²) in [6.07, 6.45) is 0. The van der Waals surface area contributed by atoms with E-state index >= 15 is 0 Å². The standard InChI is InChI=1S/C30H31NO5/c1-29(2,3)25(32)20-12-16-22(17-13-20)27(31-36-24-10-8-7-9-11-24)35-28(34)23-18-14-21(15-19-23)26(33)30(4,5)6/h7-19H,1-6H3. The molecule has 0 aliphatic carbocycles. The van der Waals surface area contributed by atoms with E-state index in [1.807, 2.05) is 47.6 Å². The van der Waals surface area contributed by atoms with Crippen molar-refractivity contribution in [2.75, 3.05) is 0 Å². The predicted octanol–water partition coefficient (Wildman–Crippen LogP) is 6.74. The Morgan fingerprint density at radius 3 is 1.44 bits per heavy atom. The molecule has 0 saturated carbocycles. The van der Waals surface area contributed by atoms with Crippen LogP contribution < -0.4 is 4.84 Å². The van der Waals surface area contributed by atoms with Crippen molar-refractivity contribution in [1.29, 1.82) is 0 Å². The molecule has 0 radical (unpaired) electrons. The molecule has 3 aromatic carbocycles. The molecule has 0 aliphatic heterocycles. The van der Waals surface area contributed by atoms with Gasteiger partial charge in [-0.1, -0.05) is 84.0 Å². The van der Waals surface area contributed by atoms with Gasteiger partial charge in [0, 0.05) is 27.5 Å². The second-order valence-corrected chi connectivity index (χ2v) is 10.5. The Balaban J connectivity index is 1.87. The van der Waals surface area contributed by atoms with Crippen LogP contribution in [0.4, 0.5) is 0 Å². The number of ether oxygens (including phenoxy) is 1. The van der Waals surface area contributed by atoms with Gasteiger partial charge in [0.2, 0.25) is 0 Å². The maximum atomic E-state index is 12.9. The van der Waals surface area contributed by atoms with Crippen molar-refractivity contribution < 1.29 is 24.0 Å². The molecule has 3 rings (SSSR count). The SMILES string of the molecule is CC(C)(C)C(=O)c1ccc(C(=O)OC(=NOc2ccccc2)c2ccc(C(=O)C(C)(C)C)cc2)cc1. The first-order valence-corrected chi connectivity index (χ1v) is 11.7. The topological polar surface area (TPSA) is 82.0 Å². The summed E-state index contributed by atoms with van der Waals surface area (Å²) in [5, 5.41) is 4.07. The Hall–Kier alpha value is -4.06. The molecule has 0 saturated heterocycles. The van der Waals surface area contributed by atoms with Crippen molar-refractivity contribution in [2.24, 2.45) is 16.0 Å². The molecular weight excluding hydrogens is 454 g/mol. The normalized spacial score (nSPS) is 12.1. The van der Waals surface area contributed by atoms with E-state index in [1.54, 1.807) is 72.8 Å². The van der Waals surface area contributed by atoms with E-state index in [-0.39, 0.29) is 23.0 Å². The van der Waals surface area contributed by atoms with Gasteiger partial charge in [0.15, 0.2) is 17.3 Å². The van der Waals surface area contributed by atoms with Crippen molar-refractivity contribution in [3.8, 4) is 5.75 Å². The third-order valence-corrected chi connectivity index (χ3v) is 5.31. The summed E-state index contributed by atoms with van der Waals surface area (Å²) in [6.45, 7) is 11.1. The van der Waals surface area contributed by atoms with E-state index in [0.717, 1.165) is 0 Å². The zero-order valence-corrected chi connectivity index (χ0v) is 21.5. The molecule has 0 spiro atoms. The lowest BCUT2D eigenvalue weighted by atomic mass is 9.86. The molecule has 36 heavy (non-hydrogen) atoms. The minimum absolute atomic E-state index is 0.00466. The summed E-state index contributed by atoms with van der Waals surface area (Å²) in [6, 6.07) is 21.8. The number of carbonyl (C=O) groups is 3. The van der Waals surface area contributed by atoms with Crippen molar-refractivity contribution in [3.63, 3.8) is 0 Å². The number of para-hydroxylation sites is 1. The number of esters is 1. The minimum Gasteiger partial charge on any atom is -0.400 e. The number of Topliss-reactive ketones (excluding diaryl/α,β-unsaturated/α-hetero) is 2. The number of hydrogen-bond donors (Lipinski definition) is 0. The number of carbonyl (C=O) groups excluding carboxylic acids is 3. The van der Waals surface area contributed by atoms with E-state index < -0.39 is 16.8 Å². The summed E-state index contributed by atoms with van der Waals surface area (Å²) in [5.41, 5.74) is 0.718. The smallest absolute Gasteiger partial charge is 0.344 e. The molecule has 0 amide bonds. The van der Waals surface area contributed by atoms with Crippen LogP contribution in [-0.4, -0.2) is 23.4 Å². The van der Waals surface area contributed by atoms with Gasteiger partial charge in [-0.3, -0.25) is 9.59 Å².